The summed E-state index contributed by atoms with van der Waals surface area (Å²) in [5.41, 5.74) is 1.57. The van der Waals surface area contributed by atoms with Gasteiger partial charge in [0.1, 0.15) is 0 Å². The topological polar surface area (TPSA) is 69.4 Å². The Labute approximate surface area is 121 Å². The van der Waals surface area contributed by atoms with Crippen LogP contribution < -0.4 is 0 Å². The minimum atomic E-state index is -0.442. The van der Waals surface area contributed by atoms with Crippen LogP contribution in [0.25, 0.3) is 11.8 Å². The summed E-state index contributed by atoms with van der Waals surface area (Å²) in [5.74, 6) is -0.442. The summed E-state index contributed by atoms with van der Waals surface area (Å²) >= 11 is 0. The molecule has 2 aromatic carbocycles. The number of methoxy groups -OCH3 is 1. The highest BCUT2D eigenvalue weighted by Crippen LogP contribution is 2.19. The van der Waals surface area contributed by atoms with Gasteiger partial charge in [0.2, 0.25) is 0 Å². The molecule has 2 aromatic rings. The maximum atomic E-state index is 11.3. The highest BCUT2D eigenvalue weighted by Gasteiger charge is 2.13. The lowest BCUT2D eigenvalue weighted by molar-refractivity contribution is -0.374. The Balaban J connectivity index is 2.35. The summed E-state index contributed by atoms with van der Waals surface area (Å²) in [6, 6.07) is 15.1. The molecule has 0 fully saturated rings. The third kappa shape index (κ3) is 3.54. The quantitative estimate of drug-likeness (QED) is 0.374. The first kappa shape index (κ1) is 14.5. The molecule has 0 radical (unpaired) electrons. The van der Waals surface area contributed by atoms with Crippen molar-refractivity contribution >= 4 is 17.7 Å². The van der Waals surface area contributed by atoms with Crippen molar-refractivity contribution in [1.29, 1.82) is 0 Å². The Morgan fingerprint density at radius 1 is 1.05 bits per heavy atom. The molecule has 0 unspecified atom stereocenters. The van der Waals surface area contributed by atoms with Crippen molar-refractivity contribution in [3.8, 4) is 0 Å². The second-order valence-electron chi connectivity index (χ2n) is 4.27. The second-order valence-corrected chi connectivity index (χ2v) is 4.27. The second kappa shape index (κ2) is 6.47. The smallest absolute Gasteiger partial charge is 0.337 e. The molecule has 0 N–H and O–H groups in total. The van der Waals surface area contributed by atoms with Gasteiger partial charge in [0, 0.05) is 6.08 Å². The summed E-state index contributed by atoms with van der Waals surface area (Å²) in [7, 11) is 1.30. The van der Waals surface area contributed by atoms with Gasteiger partial charge in [-0.3, -0.25) is 10.1 Å². The minimum Gasteiger partial charge on any atom is -0.465 e. The molecule has 5 nitrogen and oxygen atoms in total. The lowest BCUT2D eigenvalue weighted by atomic mass is 10.1. The van der Waals surface area contributed by atoms with Crippen LogP contribution in [-0.4, -0.2) is 18.0 Å². The van der Waals surface area contributed by atoms with E-state index in [1.54, 1.807) is 54.6 Å². The molecule has 21 heavy (non-hydrogen) atoms. The third-order valence-electron chi connectivity index (χ3n) is 2.90. The third-order valence-corrected chi connectivity index (χ3v) is 2.90. The van der Waals surface area contributed by atoms with Gasteiger partial charge in [0.15, 0.2) is 0 Å². The molecule has 0 bridgehead atoms. The summed E-state index contributed by atoms with van der Waals surface area (Å²) in [6.45, 7) is 0. The molecule has 0 aliphatic rings. The van der Waals surface area contributed by atoms with Crippen molar-refractivity contribution in [2.24, 2.45) is 0 Å². The first-order valence-electron chi connectivity index (χ1n) is 6.21. The van der Waals surface area contributed by atoms with Gasteiger partial charge in [-0.2, -0.15) is 0 Å². The summed E-state index contributed by atoms with van der Waals surface area (Å²) in [6.07, 6.45) is 1.47. The van der Waals surface area contributed by atoms with E-state index in [9.17, 15) is 14.9 Å². The SMILES string of the molecule is COC(=O)c1ccc(C=C(c2ccccc2)[N+](=O)[O-])cc1. The highest BCUT2D eigenvalue weighted by molar-refractivity contribution is 5.89. The van der Waals surface area contributed by atoms with E-state index in [4.69, 9.17) is 0 Å². The standard InChI is InChI=1S/C16H13NO4/c1-21-16(18)14-9-7-12(8-10-14)11-15(17(19)20)13-5-3-2-4-6-13/h2-11H,1H3. The summed E-state index contributed by atoms with van der Waals surface area (Å²) in [4.78, 5) is 22.1. The Hall–Kier alpha value is -2.95. The van der Waals surface area contributed by atoms with Crippen molar-refractivity contribution in [3.63, 3.8) is 0 Å². The van der Waals surface area contributed by atoms with E-state index in [0.29, 0.717) is 16.7 Å². The van der Waals surface area contributed by atoms with Crippen molar-refractivity contribution in [3.05, 3.63) is 81.4 Å². The Kier molecular flexibility index (Phi) is 4.46. The van der Waals surface area contributed by atoms with E-state index in [-0.39, 0.29) is 5.70 Å². The van der Waals surface area contributed by atoms with Crippen LogP contribution in [-0.2, 0) is 4.74 Å². The number of nitrogens with zero attached hydrogens (tertiary/aromatic N) is 1. The predicted octanol–water partition coefficient (Wildman–Crippen LogP) is 3.25. The van der Waals surface area contributed by atoms with Crippen LogP contribution in [0.15, 0.2) is 54.6 Å². The molecule has 0 aliphatic heterocycles. The first-order chi connectivity index (χ1) is 10.1. The van der Waals surface area contributed by atoms with Crippen LogP contribution in [0.4, 0.5) is 0 Å². The van der Waals surface area contributed by atoms with E-state index >= 15 is 0 Å². The van der Waals surface area contributed by atoms with Crippen molar-refractivity contribution in [2.45, 2.75) is 0 Å². The van der Waals surface area contributed by atoms with Gasteiger partial charge in [-0.1, -0.05) is 30.3 Å². The van der Waals surface area contributed by atoms with Crippen molar-refractivity contribution in [1.82, 2.24) is 0 Å². The van der Waals surface area contributed by atoms with Crippen LogP contribution in [0.2, 0.25) is 0 Å². The average molecular weight is 283 g/mol. The van der Waals surface area contributed by atoms with Crippen molar-refractivity contribution < 1.29 is 14.5 Å². The monoisotopic (exact) mass is 283 g/mol. The fourth-order valence-corrected chi connectivity index (χ4v) is 1.84. The summed E-state index contributed by atoms with van der Waals surface area (Å²) in [5, 5.41) is 11.2. The van der Waals surface area contributed by atoms with E-state index in [0.717, 1.165) is 0 Å². The zero-order chi connectivity index (χ0) is 15.2. The van der Waals surface area contributed by atoms with E-state index in [2.05, 4.69) is 4.74 Å². The molecular weight excluding hydrogens is 270 g/mol. The largest absolute Gasteiger partial charge is 0.465 e. The first-order valence-corrected chi connectivity index (χ1v) is 6.21. The van der Waals surface area contributed by atoms with Gasteiger partial charge in [0.25, 0.3) is 5.70 Å². The zero-order valence-electron chi connectivity index (χ0n) is 11.4. The highest BCUT2D eigenvalue weighted by atomic mass is 16.6. The minimum absolute atomic E-state index is 0.00131. The van der Waals surface area contributed by atoms with Crippen LogP contribution in [0.3, 0.4) is 0 Å². The molecule has 0 spiro atoms. The fraction of sp³-hybridized carbons (Fsp3) is 0.0625. The molecule has 0 saturated carbocycles. The predicted molar refractivity (Wildman–Crippen MR) is 79.1 cm³/mol. The van der Waals surface area contributed by atoms with Gasteiger partial charge in [-0.05, 0) is 29.8 Å². The molecule has 0 amide bonds. The number of hydrogen-bond acceptors (Lipinski definition) is 4. The van der Waals surface area contributed by atoms with Crippen molar-refractivity contribution in [2.75, 3.05) is 7.11 Å². The summed E-state index contributed by atoms with van der Waals surface area (Å²) < 4.78 is 4.60. The van der Waals surface area contributed by atoms with Gasteiger partial charge in [0.05, 0.1) is 23.2 Å². The normalized spacial score (nSPS) is 11.0. The molecule has 0 saturated heterocycles. The van der Waals surface area contributed by atoms with Crippen LogP contribution in [0, 0.1) is 10.1 Å². The number of carbonyl (C=O) groups is 1. The Bertz CT molecular complexity index is 675. The number of benzene rings is 2. The number of rotatable bonds is 4. The Morgan fingerprint density at radius 2 is 1.67 bits per heavy atom. The maximum Gasteiger partial charge on any atom is 0.337 e. The van der Waals surface area contributed by atoms with E-state index in [1.165, 1.54) is 13.2 Å². The number of nitro groups is 1. The van der Waals surface area contributed by atoms with Crippen LogP contribution in [0.1, 0.15) is 21.5 Å². The molecule has 0 aliphatic carbocycles. The lowest BCUT2D eigenvalue weighted by Crippen LogP contribution is -2.01. The van der Waals surface area contributed by atoms with Crippen LogP contribution in [0.5, 0.6) is 0 Å². The van der Waals surface area contributed by atoms with Crippen LogP contribution >= 0.6 is 0 Å². The molecule has 2 rings (SSSR count). The molecule has 0 heterocycles. The lowest BCUT2D eigenvalue weighted by Gasteiger charge is -2.01. The average Bonchev–Trinajstić information content (AvgIpc) is 2.53. The number of carbonyl (C=O) groups excluding carboxylic acids is 1. The maximum absolute atomic E-state index is 11.3. The number of hydrogen-bond donors (Lipinski definition) is 0. The number of esters is 1. The van der Waals surface area contributed by atoms with Gasteiger partial charge < -0.3 is 4.74 Å². The van der Waals surface area contributed by atoms with E-state index in [1.807, 2.05) is 0 Å². The molecule has 106 valence electrons. The molecular formula is C16H13NO4. The fourth-order valence-electron chi connectivity index (χ4n) is 1.84. The van der Waals surface area contributed by atoms with Gasteiger partial charge >= 0.3 is 5.97 Å². The number of ether oxygens (including phenoxy) is 1. The Morgan fingerprint density at radius 3 is 2.19 bits per heavy atom. The molecule has 0 aromatic heterocycles. The van der Waals surface area contributed by atoms with Gasteiger partial charge in [-0.25, -0.2) is 4.79 Å². The molecule has 0 atom stereocenters. The van der Waals surface area contributed by atoms with E-state index < -0.39 is 10.9 Å². The zero-order valence-corrected chi connectivity index (χ0v) is 11.4. The molecule has 5 heteroatoms. The van der Waals surface area contributed by atoms with Gasteiger partial charge in [-0.15, -0.1) is 0 Å².